The van der Waals surface area contributed by atoms with Crippen molar-refractivity contribution in [3.8, 4) is 38.7 Å². The Labute approximate surface area is 177 Å². The first-order valence-corrected chi connectivity index (χ1v) is 10.4. The summed E-state index contributed by atoms with van der Waals surface area (Å²) >= 11 is 1.63. The van der Waals surface area contributed by atoms with E-state index >= 15 is 0 Å². The number of methoxy groups -OCH3 is 1. The molecule has 3 aromatic heterocycles. The highest BCUT2D eigenvalue weighted by Crippen LogP contribution is 2.32. The zero-order valence-electron chi connectivity index (χ0n) is 16.3. The maximum Gasteiger partial charge on any atom is 0.256 e. The number of thiophene rings is 1. The largest absolute Gasteiger partial charge is 0.497 e. The first kappa shape index (κ1) is 18.3. The molecule has 5 aromatic rings. The number of fused-ring (bicyclic) bond motifs is 1. The van der Waals surface area contributed by atoms with Gasteiger partial charge in [-0.3, -0.25) is 4.79 Å². The molecular weight excluding hydrogens is 392 g/mol. The number of hydrogen-bond donors (Lipinski definition) is 1. The predicted molar refractivity (Wildman–Crippen MR) is 123 cm³/mol. The Hall–Kier alpha value is -3.70. The quantitative estimate of drug-likeness (QED) is 0.396. The number of nitrogens with zero attached hydrogens (tertiary/aromatic N) is 1. The van der Waals surface area contributed by atoms with E-state index in [4.69, 9.17) is 9.72 Å². The molecule has 3 heterocycles. The third-order valence-electron chi connectivity index (χ3n) is 5.05. The SMILES string of the molecule is COc1ccc(-c2cc(-c3cc4ccccc4[nH]c3=O)cc(-c3cccs3)n2)cc1. The van der Waals surface area contributed by atoms with E-state index in [0.717, 1.165) is 44.0 Å². The normalized spacial score (nSPS) is 11.0. The molecule has 0 fully saturated rings. The van der Waals surface area contributed by atoms with E-state index in [1.165, 1.54) is 0 Å². The number of H-pyrrole nitrogens is 1. The lowest BCUT2D eigenvalue weighted by molar-refractivity contribution is 0.415. The van der Waals surface area contributed by atoms with Crippen LogP contribution in [0.2, 0.25) is 0 Å². The third kappa shape index (κ3) is 3.40. The number of aromatic nitrogens is 2. The summed E-state index contributed by atoms with van der Waals surface area (Å²) in [5.74, 6) is 0.791. The number of ether oxygens (including phenoxy) is 1. The van der Waals surface area contributed by atoms with Gasteiger partial charge in [0.15, 0.2) is 0 Å². The lowest BCUT2D eigenvalue weighted by atomic mass is 10.0. The van der Waals surface area contributed by atoms with Crippen LogP contribution in [0.5, 0.6) is 5.75 Å². The number of para-hydroxylation sites is 1. The Bertz CT molecular complexity index is 1390. The van der Waals surface area contributed by atoms with E-state index in [1.807, 2.05) is 84.2 Å². The van der Waals surface area contributed by atoms with Crippen LogP contribution in [0.1, 0.15) is 0 Å². The zero-order valence-corrected chi connectivity index (χ0v) is 17.1. The maximum absolute atomic E-state index is 12.9. The van der Waals surface area contributed by atoms with Gasteiger partial charge in [0.25, 0.3) is 5.56 Å². The Morgan fingerprint density at radius 1 is 0.867 bits per heavy atom. The van der Waals surface area contributed by atoms with E-state index in [0.29, 0.717) is 5.56 Å². The van der Waals surface area contributed by atoms with Gasteiger partial charge in [0.2, 0.25) is 0 Å². The molecule has 1 N–H and O–H groups in total. The maximum atomic E-state index is 12.9. The van der Waals surface area contributed by atoms with Crippen LogP contribution in [0.4, 0.5) is 0 Å². The Morgan fingerprint density at radius 3 is 2.43 bits per heavy atom. The minimum Gasteiger partial charge on any atom is -0.497 e. The minimum absolute atomic E-state index is 0.113. The summed E-state index contributed by atoms with van der Waals surface area (Å²) in [7, 11) is 1.65. The Morgan fingerprint density at radius 2 is 1.67 bits per heavy atom. The summed E-state index contributed by atoms with van der Waals surface area (Å²) in [5, 5.41) is 3.02. The van der Waals surface area contributed by atoms with Gasteiger partial charge in [-0.25, -0.2) is 4.98 Å². The highest BCUT2D eigenvalue weighted by molar-refractivity contribution is 7.13. The van der Waals surface area contributed by atoms with Crippen molar-refractivity contribution in [1.82, 2.24) is 9.97 Å². The zero-order chi connectivity index (χ0) is 20.5. The molecule has 146 valence electrons. The van der Waals surface area contributed by atoms with E-state index in [-0.39, 0.29) is 5.56 Å². The number of rotatable bonds is 4. The molecule has 5 heteroatoms. The van der Waals surface area contributed by atoms with Crippen LogP contribution in [0.15, 0.2) is 89.0 Å². The van der Waals surface area contributed by atoms with Gasteiger partial charge in [0.05, 0.1) is 23.4 Å². The van der Waals surface area contributed by atoms with Gasteiger partial charge < -0.3 is 9.72 Å². The van der Waals surface area contributed by atoms with Gasteiger partial charge in [0, 0.05) is 16.6 Å². The summed E-state index contributed by atoms with van der Waals surface area (Å²) in [6.45, 7) is 0. The lowest BCUT2D eigenvalue weighted by Crippen LogP contribution is -2.09. The van der Waals surface area contributed by atoms with Crippen molar-refractivity contribution in [2.75, 3.05) is 7.11 Å². The molecule has 0 saturated heterocycles. The van der Waals surface area contributed by atoms with Gasteiger partial charge in [-0.2, -0.15) is 0 Å². The average Bonchev–Trinajstić information content (AvgIpc) is 3.33. The average molecular weight is 410 g/mol. The van der Waals surface area contributed by atoms with Crippen LogP contribution in [0.3, 0.4) is 0 Å². The van der Waals surface area contributed by atoms with Crippen molar-refractivity contribution in [3.05, 3.63) is 94.6 Å². The van der Waals surface area contributed by atoms with Gasteiger partial charge in [-0.05, 0) is 70.9 Å². The van der Waals surface area contributed by atoms with Crippen LogP contribution in [-0.2, 0) is 0 Å². The standard InChI is InChI=1S/C25H18N2O2S/c1-29-19-10-8-16(9-11-19)22-14-18(15-23(26-22)24-7-4-12-30-24)20-13-17-5-2-3-6-21(17)27-25(20)28/h2-15H,1H3,(H,27,28). The molecule has 0 spiro atoms. The molecule has 0 amide bonds. The fourth-order valence-corrected chi connectivity index (χ4v) is 4.19. The van der Waals surface area contributed by atoms with E-state index in [1.54, 1.807) is 18.4 Å². The van der Waals surface area contributed by atoms with Crippen molar-refractivity contribution >= 4 is 22.2 Å². The lowest BCUT2D eigenvalue weighted by Gasteiger charge is -2.10. The molecule has 30 heavy (non-hydrogen) atoms. The van der Waals surface area contributed by atoms with Crippen molar-refractivity contribution in [1.29, 1.82) is 0 Å². The molecule has 0 bridgehead atoms. The fourth-order valence-electron chi connectivity index (χ4n) is 3.51. The molecule has 0 aliphatic rings. The molecule has 2 aromatic carbocycles. The van der Waals surface area contributed by atoms with Crippen molar-refractivity contribution in [2.45, 2.75) is 0 Å². The molecular formula is C25H18N2O2S. The number of benzene rings is 2. The first-order valence-electron chi connectivity index (χ1n) is 9.54. The molecule has 0 aliphatic heterocycles. The summed E-state index contributed by atoms with van der Waals surface area (Å²) < 4.78 is 5.27. The van der Waals surface area contributed by atoms with Crippen LogP contribution in [0.25, 0.3) is 43.9 Å². The second-order valence-electron chi connectivity index (χ2n) is 6.93. The Kier molecular flexibility index (Phi) is 4.65. The van der Waals surface area contributed by atoms with Gasteiger partial charge in [-0.1, -0.05) is 24.3 Å². The summed E-state index contributed by atoms with van der Waals surface area (Å²) in [6.07, 6.45) is 0. The second-order valence-corrected chi connectivity index (χ2v) is 7.88. The molecule has 0 saturated carbocycles. The van der Waals surface area contributed by atoms with Crippen LogP contribution in [-0.4, -0.2) is 17.1 Å². The second kappa shape index (κ2) is 7.61. The van der Waals surface area contributed by atoms with Gasteiger partial charge in [0.1, 0.15) is 5.75 Å². The molecule has 0 radical (unpaired) electrons. The van der Waals surface area contributed by atoms with Gasteiger partial charge >= 0.3 is 0 Å². The van der Waals surface area contributed by atoms with Crippen LogP contribution < -0.4 is 10.3 Å². The molecule has 4 nitrogen and oxygen atoms in total. The van der Waals surface area contributed by atoms with Crippen LogP contribution >= 0.6 is 11.3 Å². The number of hydrogen-bond acceptors (Lipinski definition) is 4. The first-order chi connectivity index (χ1) is 14.7. The minimum atomic E-state index is -0.113. The van der Waals surface area contributed by atoms with Crippen LogP contribution in [0, 0.1) is 0 Å². The van der Waals surface area contributed by atoms with E-state index in [2.05, 4.69) is 4.98 Å². The third-order valence-corrected chi connectivity index (χ3v) is 5.94. The summed E-state index contributed by atoms with van der Waals surface area (Å²) in [4.78, 5) is 21.8. The highest BCUT2D eigenvalue weighted by Gasteiger charge is 2.12. The molecule has 0 unspecified atom stereocenters. The number of nitrogens with one attached hydrogen (secondary N) is 1. The van der Waals surface area contributed by atoms with Crippen molar-refractivity contribution in [2.24, 2.45) is 0 Å². The number of aromatic amines is 1. The molecule has 5 rings (SSSR count). The van der Waals surface area contributed by atoms with E-state index < -0.39 is 0 Å². The van der Waals surface area contributed by atoms with E-state index in [9.17, 15) is 4.79 Å². The van der Waals surface area contributed by atoms with Crippen molar-refractivity contribution < 1.29 is 4.74 Å². The highest BCUT2D eigenvalue weighted by atomic mass is 32.1. The summed E-state index contributed by atoms with van der Waals surface area (Å²) in [5.41, 5.74) is 4.81. The van der Waals surface area contributed by atoms with Crippen molar-refractivity contribution in [3.63, 3.8) is 0 Å². The monoisotopic (exact) mass is 410 g/mol. The smallest absolute Gasteiger partial charge is 0.256 e. The topological polar surface area (TPSA) is 55.0 Å². The fraction of sp³-hybridized carbons (Fsp3) is 0.0400. The molecule has 0 atom stereocenters. The predicted octanol–water partition coefficient (Wildman–Crippen LogP) is 5.99. The summed E-state index contributed by atoms with van der Waals surface area (Å²) in [6, 6.07) is 25.5. The Balaban J connectivity index is 1.72. The number of pyridine rings is 2. The van der Waals surface area contributed by atoms with Gasteiger partial charge in [-0.15, -0.1) is 11.3 Å². The molecule has 0 aliphatic carbocycles.